The van der Waals surface area contributed by atoms with Crippen molar-refractivity contribution < 1.29 is 33.8 Å². The van der Waals surface area contributed by atoms with Gasteiger partial charge in [0.25, 0.3) is 5.91 Å². The highest BCUT2D eigenvalue weighted by Crippen LogP contribution is 2.25. The van der Waals surface area contributed by atoms with E-state index < -0.39 is 6.79 Å². The third-order valence-corrected chi connectivity index (χ3v) is 5.59. The fourth-order valence-electron chi connectivity index (χ4n) is 2.98. The molecule has 11 heteroatoms. The summed E-state index contributed by atoms with van der Waals surface area (Å²) in [6.45, 7) is 5.41. The van der Waals surface area contributed by atoms with E-state index in [9.17, 15) is 14.3 Å². The second kappa shape index (κ2) is 14.3. The molecule has 34 heavy (non-hydrogen) atoms. The van der Waals surface area contributed by atoms with Gasteiger partial charge in [0.05, 0.1) is 17.0 Å². The normalized spacial score (nSPS) is 14.3. The lowest BCUT2D eigenvalue weighted by atomic mass is 10.1. The van der Waals surface area contributed by atoms with Crippen molar-refractivity contribution in [1.82, 2.24) is 15.0 Å². The lowest BCUT2D eigenvalue weighted by Crippen LogP contribution is -2.37. The average molecular weight is 494 g/mol. The zero-order valence-electron chi connectivity index (χ0n) is 18.8. The van der Waals surface area contributed by atoms with E-state index in [4.69, 9.17) is 19.5 Å². The van der Waals surface area contributed by atoms with Crippen molar-refractivity contribution >= 4 is 23.2 Å². The van der Waals surface area contributed by atoms with Gasteiger partial charge in [0.15, 0.2) is 5.76 Å². The average Bonchev–Trinajstić information content (AvgIpc) is 3.26. The number of amides is 1. The molecule has 3 heterocycles. The van der Waals surface area contributed by atoms with Gasteiger partial charge in [-0.2, -0.15) is 11.8 Å². The molecule has 1 aliphatic rings. The van der Waals surface area contributed by atoms with Gasteiger partial charge >= 0.3 is 0 Å². The molecule has 0 atom stereocenters. The zero-order valence-corrected chi connectivity index (χ0v) is 19.6. The highest BCUT2D eigenvalue weighted by Gasteiger charge is 2.20. The summed E-state index contributed by atoms with van der Waals surface area (Å²) in [4.78, 5) is 18.6. The molecule has 2 aromatic heterocycles. The van der Waals surface area contributed by atoms with E-state index in [0.29, 0.717) is 28.3 Å². The predicted molar refractivity (Wildman–Crippen MR) is 127 cm³/mol. The minimum atomic E-state index is -0.750. The first-order chi connectivity index (χ1) is 16.4. The molecular formula is C23H28FN3O6S. The molecule has 0 aliphatic carbocycles. The van der Waals surface area contributed by atoms with E-state index in [1.807, 2.05) is 16.7 Å². The highest BCUT2D eigenvalue weighted by atomic mass is 32.2. The topological polar surface area (TPSA) is 129 Å². The maximum absolute atomic E-state index is 13.1. The van der Waals surface area contributed by atoms with Gasteiger partial charge in [0.2, 0.25) is 5.88 Å². The van der Waals surface area contributed by atoms with E-state index in [0.717, 1.165) is 24.6 Å². The van der Waals surface area contributed by atoms with Crippen LogP contribution in [0.5, 0.6) is 5.88 Å². The fraction of sp³-hybridized carbons (Fsp3) is 0.348. The Bertz CT molecular complexity index is 997. The third-order valence-electron chi connectivity index (χ3n) is 4.65. The number of carbonyl (C=O) groups excluding carboxylic acids is 1. The molecule has 9 nitrogen and oxygen atoms in total. The summed E-state index contributed by atoms with van der Waals surface area (Å²) >= 11 is 1.84. The molecule has 1 fully saturated rings. The number of thioether (sulfide) groups is 1. The molecule has 2 aromatic rings. The van der Waals surface area contributed by atoms with Crippen LogP contribution < -0.4 is 4.74 Å². The van der Waals surface area contributed by atoms with E-state index in [1.54, 1.807) is 12.1 Å². The Morgan fingerprint density at radius 3 is 2.56 bits per heavy atom. The number of carbonyl (C=O) groups is 1. The molecule has 1 amide bonds. The van der Waals surface area contributed by atoms with Gasteiger partial charge in [0, 0.05) is 42.4 Å². The van der Waals surface area contributed by atoms with Crippen LogP contribution in [0.1, 0.15) is 34.3 Å². The fourth-order valence-corrected chi connectivity index (χ4v) is 3.88. The molecule has 0 bridgehead atoms. The van der Waals surface area contributed by atoms with Crippen LogP contribution >= 0.6 is 11.8 Å². The number of nitrogens with zero attached hydrogens (tertiary/aromatic N) is 3. The van der Waals surface area contributed by atoms with Crippen LogP contribution in [0, 0.1) is 0 Å². The predicted octanol–water partition coefficient (Wildman–Crippen LogP) is 2.70. The SMILES string of the molecule is C=C/C(=C\C=C(/C)F)c1noc(CO)c1COc1ccc(C(=O)N2CCSCC2)cn1.OCO. The number of hydrogen-bond acceptors (Lipinski definition) is 9. The van der Waals surface area contributed by atoms with Crippen molar-refractivity contribution in [2.45, 2.75) is 20.1 Å². The van der Waals surface area contributed by atoms with E-state index in [2.05, 4.69) is 16.7 Å². The number of aliphatic hydroxyl groups is 3. The van der Waals surface area contributed by atoms with Crippen LogP contribution in [0.4, 0.5) is 4.39 Å². The summed E-state index contributed by atoms with van der Waals surface area (Å²) in [6, 6.07) is 3.30. The van der Waals surface area contributed by atoms with Gasteiger partial charge in [-0.1, -0.05) is 23.9 Å². The van der Waals surface area contributed by atoms with Crippen LogP contribution in [-0.2, 0) is 13.2 Å². The molecule has 0 saturated carbocycles. The lowest BCUT2D eigenvalue weighted by molar-refractivity contribution is 0.0765. The standard InChI is InChI=1S/C22H24FN3O4S.CH4O2/c1-3-16(5-4-15(2)23)21-18(19(13-27)30-25-21)14-29-20-7-6-17(12-24-20)22(28)26-8-10-31-11-9-26;2-1-3/h3-7,12,27H,1,8-11,13-14H2,2H3;2-3H,1H2/b15-4+,16-5+;. The van der Waals surface area contributed by atoms with Crippen molar-refractivity contribution in [2.75, 3.05) is 31.4 Å². The van der Waals surface area contributed by atoms with Crippen molar-refractivity contribution in [3.05, 3.63) is 71.5 Å². The van der Waals surface area contributed by atoms with Gasteiger partial charge in [-0.05, 0) is 19.1 Å². The van der Waals surface area contributed by atoms with Crippen LogP contribution in [-0.4, -0.2) is 67.7 Å². The molecule has 0 unspecified atom stereocenters. The number of aliphatic hydroxyl groups excluding tert-OH is 2. The number of rotatable bonds is 8. The first kappa shape index (κ1) is 27.3. The molecule has 184 valence electrons. The van der Waals surface area contributed by atoms with Crippen molar-refractivity contribution in [1.29, 1.82) is 0 Å². The first-order valence-corrected chi connectivity index (χ1v) is 11.5. The monoisotopic (exact) mass is 493 g/mol. The number of aromatic nitrogens is 2. The van der Waals surface area contributed by atoms with Crippen LogP contribution in [0.25, 0.3) is 5.57 Å². The third kappa shape index (κ3) is 7.80. The number of allylic oxidation sites excluding steroid dienone is 5. The van der Waals surface area contributed by atoms with Crippen molar-refractivity contribution in [3.63, 3.8) is 0 Å². The molecule has 1 aliphatic heterocycles. The molecule has 0 spiro atoms. The highest BCUT2D eigenvalue weighted by molar-refractivity contribution is 7.99. The molecular weight excluding hydrogens is 465 g/mol. The second-order valence-electron chi connectivity index (χ2n) is 6.89. The minimum absolute atomic E-state index is 0.0157. The maximum Gasteiger partial charge on any atom is 0.255 e. The van der Waals surface area contributed by atoms with Gasteiger partial charge < -0.3 is 29.5 Å². The quantitative estimate of drug-likeness (QED) is 0.375. The van der Waals surface area contributed by atoms with Crippen LogP contribution in [0.3, 0.4) is 0 Å². The Morgan fingerprint density at radius 1 is 1.29 bits per heavy atom. The van der Waals surface area contributed by atoms with Crippen molar-refractivity contribution in [2.24, 2.45) is 0 Å². The summed E-state index contributed by atoms with van der Waals surface area (Å²) in [5.41, 5.74) is 1.93. The number of halogens is 1. The Morgan fingerprint density at radius 2 is 2.00 bits per heavy atom. The van der Waals surface area contributed by atoms with Crippen LogP contribution in [0.15, 0.2) is 53.5 Å². The van der Waals surface area contributed by atoms with Gasteiger partial charge in [-0.3, -0.25) is 4.79 Å². The van der Waals surface area contributed by atoms with E-state index in [1.165, 1.54) is 31.3 Å². The van der Waals surface area contributed by atoms with Gasteiger partial charge in [-0.15, -0.1) is 0 Å². The Balaban J connectivity index is 0.00000129. The largest absolute Gasteiger partial charge is 0.473 e. The summed E-state index contributed by atoms with van der Waals surface area (Å²) in [5.74, 6) is 2.02. The second-order valence-corrected chi connectivity index (χ2v) is 8.12. The molecule has 1 saturated heterocycles. The number of ether oxygens (including phenoxy) is 1. The lowest BCUT2D eigenvalue weighted by Gasteiger charge is -2.26. The zero-order chi connectivity index (χ0) is 24.9. The number of pyridine rings is 1. The summed E-state index contributed by atoms with van der Waals surface area (Å²) in [6.07, 6.45) is 5.81. The van der Waals surface area contributed by atoms with Crippen molar-refractivity contribution in [3.8, 4) is 5.88 Å². The van der Waals surface area contributed by atoms with Gasteiger partial charge in [0.1, 0.15) is 25.7 Å². The molecule has 3 N–H and O–H groups in total. The number of hydrogen-bond donors (Lipinski definition) is 3. The van der Waals surface area contributed by atoms with E-state index >= 15 is 0 Å². The molecule has 0 radical (unpaired) electrons. The Kier molecular flexibility index (Phi) is 11.5. The van der Waals surface area contributed by atoms with E-state index in [-0.39, 0.29) is 30.7 Å². The van der Waals surface area contributed by atoms with Crippen LogP contribution in [0.2, 0.25) is 0 Å². The Labute approximate surface area is 201 Å². The first-order valence-electron chi connectivity index (χ1n) is 10.4. The molecule has 3 rings (SSSR count). The van der Waals surface area contributed by atoms with Gasteiger partial charge in [-0.25, -0.2) is 9.37 Å². The summed E-state index contributed by atoms with van der Waals surface area (Å²) in [7, 11) is 0. The molecule has 0 aromatic carbocycles. The minimum Gasteiger partial charge on any atom is -0.473 e. The summed E-state index contributed by atoms with van der Waals surface area (Å²) in [5, 5.41) is 27.8. The summed E-state index contributed by atoms with van der Waals surface area (Å²) < 4.78 is 24.0. The Hall–Kier alpha value is -2.99. The maximum atomic E-state index is 13.1. The smallest absolute Gasteiger partial charge is 0.255 e.